The van der Waals surface area contributed by atoms with Gasteiger partial charge in [0, 0.05) is 19.0 Å². The Morgan fingerprint density at radius 3 is 2.56 bits per heavy atom. The number of hydrogen-bond acceptors (Lipinski definition) is 4. The molecule has 1 heterocycles. The van der Waals surface area contributed by atoms with Crippen molar-refractivity contribution >= 4 is 17.4 Å². The molecule has 1 amide bonds. The lowest BCUT2D eigenvalue weighted by molar-refractivity contribution is -0.128. The summed E-state index contributed by atoms with van der Waals surface area (Å²) in [5, 5.41) is 0. The molecule has 0 radical (unpaired) electrons. The van der Waals surface area contributed by atoms with Crippen LogP contribution in [0.3, 0.4) is 0 Å². The third-order valence-corrected chi connectivity index (χ3v) is 2.94. The van der Waals surface area contributed by atoms with Gasteiger partial charge >= 0.3 is 0 Å². The first kappa shape index (κ1) is 12.4. The average Bonchev–Trinajstić information content (AvgIpc) is 2.38. The highest BCUT2D eigenvalue weighted by molar-refractivity contribution is 6.09. The van der Waals surface area contributed by atoms with Crippen LogP contribution in [0.15, 0.2) is 18.2 Å². The van der Waals surface area contributed by atoms with Crippen LogP contribution < -0.4 is 14.4 Å². The van der Waals surface area contributed by atoms with E-state index in [4.69, 9.17) is 9.47 Å². The third kappa shape index (κ3) is 2.30. The number of rotatable bonds is 3. The number of Topliss-reactive ketones (excluding diaryl/α,β-unsaturated/α-hetero) is 1. The van der Waals surface area contributed by atoms with E-state index in [0.29, 0.717) is 30.2 Å². The number of carbonyl (C=O) groups is 2. The first-order chi connectivity index (χ1) is 8.65. The summed E-state index contributed by atoms with van der Waals surface area (Å²) in [5.41, 5.74) is 0.648. The maximum absolute atomic E-state index is 11.9. The third-order valence-electron chi connectivity index (χ3n) is 2.94. The average molecular weight is 249 g/mol. The van der Waals surface area contributed by atoms with Crippen LogP contribution in [0.5, 0.6) is 11.5 Å². The molecule has 18 heavy (non-hydrogen) atoms. The van der Waals surface area contributed by atoms with Crippen LogP contribution in [0.25, 0.3) is 0 Å². The molecule has 0 saturated carbocycles. The van der Waals surface area contributed by atoms with Crippen LogP contribution in [0.2, 0.25) is 0 Å². The van der Waals surface area contributed by atoms with Gasteiger partial charge in [-0.1, -0.05) is 0 Å². The summed E-state index contributed by atoms with van der Waals surface area (Å²) in [6.45, 7) is 0.390. The van der Waals surface area contributed by atoms with Gasteiger partial charge in [-0.05, 0) is 12.1 Å². The molecule has 0 atom stereocenters. The predicted molar refractivity (Wildman–Crippen MR) is 66.1 cm³/mol. The Kier molecular flexibility index (Phi) is 3.50. The molecule has 0 unspecified atom stereocenters. The van der Waals surface area contributed by atoms with E-state index in [-0.39, 0.29) is 18.1 Å². The van der Waals surface area contributed by atoms with Gasteiger partial charge in [0.25, 0.3) is 0 Å². The number of hydrogen-bond donors (Lipinski definition) is 0. The highest BCUT2D eigenvalue weighted by Gasteiger charge is 2.27. The number of methoxy groups -OCH3 is 2. The number of anilines is 1. The minimum absolute atomic E-state index is 0.0156. The summed E-state index contributed by atoms with van der Waals surface area (Å²) in [6, 6.07) is 5.26. The maximum Gasteiger partial charge on any atom is 0.234 e. The van der Waals surface area contributed by atoms with Crippen LogP contribution in [-0.4, -0.2) is 32.5 Å². The fourth-order valence-electron chi connectivity index (χ4n) is 1.98. The van der Waals surface area contributed by atoms with Gasteiger partial charge < -0.3 is 14.4 Å². The summed E-state index contributed by atoms with van der Waals surface area (Å²) >= 11 is 0. The van der Waals surface area contributed by atoms with Crippen LogP contribution in [0, 0.1) is 0 Å². The first-order valence-electron chi connectivity index (χ1n) is 5.70. The van der Waals surface area contributed by atoms with Crippen molar-refractivity contribution in [1.29, 1.82) is 0 Å². The molecule has 1 fully saturated rings. The maximum atomic E-state index is 11.9. The molecule has 96 valence electrons. The number of carbonyl (C=O) groups excluding carboxylic acids is 2. The second-order valence-corrected chi connectivity index (χ2v) is 4.05. The van der Waals surface area contributed by atoms with Crippen LogP contribution in [-0.2, 0) is 9.59 Å². The standard InChI is InChI=1S/C13H15NO4/c1-17-10-3-4-12(18-2)11(8-10)14-6-5-9(15)7-13(14)16/h3-4,8H,5-7H2,1-2H3. The van der Waals surface area contributed by atoms with E-state index >= 15 is 0 Å². The largest absolute Gasteiger partial charge is 0.497 e. The van der Waals surface area contributed by atoms with Gasteiger partial charge in [0.2, 0.25) is 5.91 Å². The summed E-state index contributed by atoms with van der Waals surface area (Å²) in [6.07, 6.45) is 0.340. The number of ether oxygens (including phenoxy) is 2. The van der Waals surface area contributed by atoms with Gasteiger partial charge in [-0.25, -0.2) is 0 Å². The number of nitrogens with zero attached hydrogens (tertiary/aromatic N) is 1. The zero-order chi connectivity index (χ0) is 13.1. The van der Waals surface area contributed by atoms with E-state index in [1.165, 1.54) is 0 Å². The lowest BCUT2D eigenvalue weighted by Gasteiger charge is -2.27. The normalized spacial score (nSPS) is 15.8. The molecule has 0 bridgehead atoms. The van der Waals surface area contributed by atoms with Gasteiger partial charge in [-0.3, -0.25) is 9.59 Å². The number of benzene rings is 1. The zero-order valence-corrected chi connectivity index (χ0v) is 10.4. The highest BCUT2D eigenvalue weighted by atomic mass is 16.5. The summed E-state index contributed by atoms with van der Waals surface area (Å²) in [5.74, 6) is 1.03. The van der Waals surface area contributed by atoms with Gasteiger partial charge in [0.1, 0.15) is 17.3 Å². The molecule has 1 aromatic carbocycles. The number of ketones is 1. The topological polar surface area (TPSA) is 55.8 Å². The van der Waals surface area contributed by atoms with Crippen LogP contribution in [0.1, 0.15) is 12.8 Å². The molecule has 0 N–H and O–H groups in total. The Labute approximate surface area is 105 Å². The molecule has 1 aliphatic heterocycles. The second kappa shape index (κ2) is 5.08. The van der Waals surface area contributed by atoms with Crippen molar-refractivity contribution in [2.75, 3.05) is 25.7 Å². The molecular weight excluding hydrogens is 234 g/mol. The van der Waals surface area contributed by atoms with Crippen molar-refractivity contribution in [2.45, 2.75) is 12.8 Å². The van der Waals surface area contributed by atoms with Gasteiger partial charge in [0.15, 0.2) is 0 Å². The van der Waals surface area contributed by atoms with Crippen molar-refractivity contribution in [2.24, 2.45) is 0 Å². The van der Waals surface area contributed by atoms with E-state index in [2.05, 4.69) is 0 Å². The monoisotopic (exact) mass is 249 g/mol. The Morgan fingerprint density at radius 1 is 1.17 bits per heavy atom. The highest BCUT2D eigenvalue weighted by Crippen LogP contribution is 2.33. The van der Waals surface area contributed by atoms with Crippen molar-refractivity contribution in [3.05, 3.63) is 18.2 Å². The van der Waals surface area contributed by atoms with Crippen molar-refractivity contribution in [3.8, 4) is 11.5 Å². The van der Waals surface area contributed by atoms with Crippen molar-refractivity contribution in [1.82, 2.24) is 0 Å². The van der Waals surface area contributed by atoms with Gasteiger partial charge in [-0.15, -0.1) is 0 Å². The summed E-state index contributed by atoms with van der Waals surface area (Å²) in [7, 11) is 3.11. The fourth-order valence-corrected chi connectivity index (χ4v) is 1.98. The lowest BCUT2D eigenvalue weighted by atomic mass is 10.1. The Morgan fingerprint density at radius 2 is 1.94 bits per heavy atom. The molecule has 0 spiro atoms. The fraction of sp³-hybridized carbons (Fsp3) is 0.385. The van der Waals surface area contributed by atoms with Gasteiger partial charge in [-0.2, -0.15) is 0 Å². The summed E-state index contributed by atoms with van der Waals surface area (Å²) in [4.78, 5) is 24.7. The number of piperidine rings is 1. The quantitative estimate of drug-likeness (QED) is 0.760. The molecule has 1 aromatic rings. The molecule has 0 aliphatic carbocycles. The van der Waals surface area contributed by atoms with Crippen molar-refractivity contribution in [3.63, 3.8) is 0 Å². The SMILES string of the molecule is COc1ccc(OC)c(N2CCC(=O)CC2=O)c1. The molecule has 1 aliphatic rings. The molecule has 1 saturated heterocycles. The molecule has 0 aromatic heterocycles. The first-order valence-corrected chi connectivity index (χ1v) is 5.70. The molecule has 5 nitrogen and oxygen atoms in total. The Balaban J connectivity index is 2.36. The summed E-state index contributed by atoms with van der Waals surface area (Å²) < 4.78 is 10.4. The molecule has 2 rings (SSSR count). The number of amides is 1. The minimum atomic E-state index is -0.196. The Bertz CT molecular complexity index is 484. The zero-order valence-electron chi connectivity index (χ0n) is 10.4. The van der Waals surface area contributed by atoms with Crippen molar-refractivity contribution < 1.29 is 19.1 Å². The smallest absolute Gasteiger partial charge is 0.234 e. The Hall–Kier alpha value is -2.04. The van der Waals surface area contributed by atoms with Gasteiger partial charge in [0.05, 0.1) is 26.3 Å². The van der Waals surface area contributed by atoms with E-state index in [1.54, 1.807) is 37.3 Å². The molecular formula is C13H15NO4. The van der Waals surface area contributed by atoms with E-state index in [0.717, 1.165) is 0 Å². The predicted octanol–water partition coefficient (Wildman–Crippen LogP) is 1.40. The lowest BCUT2D eigenvalue weighted by Crippen LogP contribution is -2.39. The minimum Gasteiger partial charge on any atom is -0.497 e. The van der Waals surface area contributed by atoms with Crippen LogP contribution in [0.4, 0.5) is 5.69 Å². The van der Waals surface area contributed by atoms with E-state index in [1.807, 2.05) is 0 Å². The van der Waals surface area contributed by atoms with E-state index < -0.39 is 0 Å². The second-order valence-electron chi connectivity index (χ2n) is 4.05. The van der Waals surface area contributed by atoms with Crippen LogP contribution >= 0.6 is 0 Å². The molecule has 5 heteroatoms. The van der Waals surface area contributed by atoms with E-state index in [9.17, 15) is 9.59 Å².